The fourth-order valence-electron chi connectivity index (χ4n) is 3.83. The van der Waals surface area contributed by atoms with E-state index in [0.29, 0.717) is 42.8 Å². The zero-order valence-electron chi connectivity index (χ0n) is 15.4. The SMILES string of the molecule is CC(=O)N1CCN(C(=O)Cc2ccc(Cl)c(Cl)c2)[C@@H](CN2CC[C@H](O)C2)C1. The van der Waals surface area contributed by atoms with E-state index in [0.717, 1.165) is 18.5 Å². The third kappa shape index (κ3) is 5.13. The maximum Gasteiger partial charge on any atom is 0.227 e. The highest BCUT2D eigenvalue weighted by molar-refractivity contribution is 6.42. The van der Waals surface area contributed by atoms with Gasteiger partial charge in [0.25, 0.3) is 0 Å². The van der Waals surface area contributed by atoms with Crippen molar-refractivity contribution < 1.29 is 14.7 Å². The number of amides is 2. The highest BCUT2D eigenvalue weighted by atomic mass is 35.5. The molecular formula is C19H25Cl2N3O3. The van der Waals surface area contributed by atoms with Crippen molar-refractivity contribution in [2.24, 2.45) is 0 Å². The Labute approximate surface area is 169 Å². The van der Waals surface area contributed by atoms with Crippen molar-refractivity contribution >= 4 is 35.0 Å². The Balaban J connectivity index is 1.70. The topological polar surface area (TPSA) is 64.1 Å². The summed E-state index contributed by atoms with van der Waals surface area (Å²) in [6, 6.07) is 5.15. The van der Waals surface area contributed by atoms with Gasteiger partial charge in [0.2, 0.25) is 11.8 Å². The molecule has 3 rings (SSSR count). The summed E-state index contributed by atoms with van der Waals surface area (Å²) in [5, 5.41) is 10.7. The summed E-state index contributed by atoms with van der Waals surface area (Å²) in [5.74, 6) is 0.0411. The van der Waals surface area contributed by atoms with Crippen LogP contribution in [0.3, 0.4) is 0 Å². The minimum Gasteiger partial charge on any atom is -0.392 e. The number of aliphatic hydroxyl groups is 1. The Hall–Kier alpha value is -1.34. The summed E-state index contributed by atoms with van der Waals surface area (Å²) in [6.07, 6.45) is 0.689. The lowest BCUT2D eigenvalue weighted by atomic mass is 10.1. The van der Waals surface area contributed by atoms with Gasteiger partial charge in [-0.3, -0.25) is 14.5 Å². The number of piperazine rings is 1. The van der Waals surface area contributed by atoms with Gasteiger partial charge < -0.3 is 14.9 Å². The molecule has 2 atom stereocenters. The van der Waals surface area contributed by atoms with Crippen LogP contribution in [-0.4, -0.2) is 83.0 Å². The molecule has 27 heavy (non-hydrogen) atoms. The molecule has 2 heterocycles. The van der Waals surface area contributed by atoms with Crippen molar-refractivity contribution in [3.05, 3.63) is 33.8 Å². The normalized spacial score (nSPS) is 23.7. The average molecular weight is 414 g/mol. The van der Waals surface area contributed by atoms with Crippen molar-refractivity contribution in [3.8, 4) is 0 Å². The Morgan fingerprint density at radius 2 is 1.93 bits per heavy atom. The first-order chi connectivity index (χ1) is 12.8. The van der Waals surface area contributed by atoms with Gasteiger partial charge in [0.1, 0.15) is 0 Å². The summed E-state index contributed by atoms with van der Waals surface area (Å²) in [7, 11) is 0. The molecule has 2 amide bonds. The number of rotatable bonds is 4. The predicted octanol–water partition coefficient (Wildman–Crippen LogP) is 1.66. The fraction of sp³-hybridized carbons (Fsp3) is 0.579. The lowest BCUT2D eigenvalue weighted by Gasteiger charge is -2.42. The molecule has 148 valence electrons. The lowest BCUT2D eigenvalue weighted by molar-refractivity contribution is -0.142. The fourth-order valence-corrected chi connectivity index (χ4v) is 4.15. The van der Waals surface area contributed by atoms with Crippen molar-refractivity contribution in [1.29, 1.82) is 0 Å². The van der Waals surface area contributed by atoms with Gasteiger partial charge in [-0.05, 0) is 24.1 Å². The van der Waals surface area contributed by atoms with Gasteiger partial charge in [0.15, 0.2) is 0 Å². The summed E-state index contributed by atoms with van der Waals surface area (Å²) in [6.45, 7) is 5.23. The molecule has 0 bridgehead atoms. The predicted molar refractivity (Wildman–Crippen MR) is 105 cm³/mol. The van der Waals surface area contributed by atoms with Gasteiger partial charge in [-0.15, -0.1) is 0 Å². The zero-order chi connectivity index (χ0) is 19.6. The van der Waals surface area contributed by atoms with E-state index < -0.39 is 0 Å². The van der Waals surface area contributed by atoms with E-state index in [1.165, 1.54) is 0 Å². The van der Waals surface area contributed by atoms with E-state index in [2.05, 4.69) is 4.90 Å². The first-order valence-electron chi connectivity index (χ1n) is 9.23. The monoisotopic (exact) mass is 413 g/mol. The molecule has 0 unspecified atom stereocenters. The van der Waals surface area contributed by atoms with Crippen LogP contribution in [0.1, 0.15) is 18.9 Å². The molecule has 2 saturated heterocycles. The number of likely N-dealkylation sites (tertiary alicyclic amines) is 1. The first-order valence-corrected chi connectivity index (χ1v) is 9.98. The molecule has 2 aliphatic heterocycles. The van der Waals surface area contributed by atoms with Gasteiger partial charge in [-0.1, -0.05) is 29.3 Å². The summed E-state index contributed by atoms with van der Waals surface area (Å²) in [4.78, 5) is 30.6. The maximum absolute atomic E-state index is 13.0. The van der Waals surface area contributed by atoms with Crippen molar-refractivity contribution in [2.75, 3.05) is 39.3 Å². The van der Waals surface area contributed by atoms with Crippen LogP contribution in [0.25, 0.3) is 0 Å². The van der Waals surface area contributed by atoms with Gasteiger partial charge in [0.05, 0.1) is 28.6 Å². The van der Waals surface area contributed by atoms with Gasteiger partial charge in [0, 0.05) is 46.2 Å². The Kier molecular flexibility index (Phi) is 6.63. The number of aliphatic hydroxyl groups excluding tert-OH is 1. The van der Waals surface area contributed by atoms with Crippen LogP contribution in [0.5, 0.6) is 0 Å². The van der Waals surface area contributed by atoms with Crippen molar-refractivity contribution in [1.82, 2.24) is 14.7 Å². The number of halogens is 2. The minimum atomic E-state index is -0.308. The third-order valence-corrected chi connectivity index (χ3v) is 6.04. The van der Waals surface area contributed by atoms with Crippen LogP contribution in [0.4, 0.5) is 0 Å². The second-order valence-electron chi connectivity index (χ2n) is 7.33. The third-order valence-electron chi connectivity index (χ3n) is 5.30. The van der Waals surface area contributed by atoms with Gasteiger partial charge in [-0.25, -0.2) is 0 Å². The molecule has 6 nitrogen and oxygen atoms in total. The molecule has 8 heteroatoms. The lowest BCUT2D eigenvalue weighted by Crippen LogP contribution is -2.59. The van der Waals surface area contributed by atoms with Gasteiger partial charge in [-0.2, -0.15) is 0 Å². The van der Waals surface area contributed by atoms with E-state index in [9.17, 15) is 14.7 Å². The smallest absolute Gasteiger partial charge is 0.227 e. The number of hydrogen-bond acceptors (Lipinski definition) is 4. The van der Waals surface area contributed by atoms with Crippen LogP contribution >= 0.6 is 23.2 Å². The summed E-state index contributed by atoms with van der Waals surface area (Å²) >= 11 is 12.0. The van der Waals surface area contributed by atoms with E-state index in [-0.39, 0.29) is 30.4 Å². The van der Waals surface area contributed by atoms with Crippen LogP contribution in [0, 0.1) is 0 Å². The van der Waals surface area contributed by atoms with Crippen LogP contribution < -0.4 is 0 Å². The van der Waals surface area contributed by atoms with E-state index in [1.807, 2.05) is 11.0 Å². The molecule has 0 spiro atoms. The Bertz CT molecular complexity index is 715. The number of benzene rings is 1. The summed E-state index contributed by atoms with van der Waals surface area (Å²) in [5.41, 5.74) is 0.818. The molecule has 1 aromatic rings. The number of hydrogen-bond donors (Lipinski definition) is 1. The number of carbonyl (C=O) groups is 2. The molecule has 0 aliphatic carbocycles. The molecular weight excluding hydrogens is 389 g/mol. The Morgan fingerprint density at radius 1 is 1.15 bits per heavy atom. The van der Waals surface area contributed by atoms with Crippen LogP contribution in [0.15, 0.2) is 18.2 Å². The standard InChI is InChI=1S/C19H25Cl2N3O3/c1-13(25)23-6-7-24(15(11-23)10-22-5-4-16(26)12-22)19(27)9-14-2-3-17(20)18(21)8-14/h2-3,8,15-16,26H,4-7,9-12H2,1H3/t15-,16-/m0/s1. The molecule has 0 aromatic heterocycles. The van der Waals surface area contributed by atoms with Gasteiger partial charge >= 0.3 is 0 Å². The second-order valence-corrected chi connectivity index (χ2v) is 8.15. The summed E-state index contributed by atoms with van der Waals surface area (Å²) < 4.78 is 0. The number of nitrogens with zero attached hydrogens (tertiary/aromatic N) is 3. The number of β-amino-alcohol motifs (C(OH)–C–C–N with tert-alkyl or cyclic N) is 1. The highest BCUT2D eigenvalue weighted by Crippen LogP contribution is 2.24. The molecule has 0 radical (unpaired) electrons. The molecule has 1 aromatic carbocycles. The molecule has 1 N–H and O–H groups in total. The second kappa shape index (κ2) is 8.78. The van der Waals surface area contributed by atoms with E-state index >= 15 is 0 Å². The highest BCUT2D eigenvalue weighted by Gasteiger charge is 2.34. The molecule has 2 aliphatic rings. The average Bonchev–Trinajstić information content (AvgIpc) is 3.02. The van der Waals surface area contributed by atoms with E-state index in [4.69, 9.17) is 23.2 Å². The number of carbonyl (C=O) groups excluding carboxylic acids is 2. The van der Waals surface area contributed by atoms with Crippen LogP contribution in [0.2, 0.25) is 10.0 Å². The van der Waals surface area contributed by atoms with E-state index in [1.54, 1.807) is 24.0 Å². The maximum atomic E-state index is 13.0. The largest absolute Gasteiger partial charge is 0.392 e. The van der Waals surface area contributed by atoms with Crippen molar-refractivity contribution in [2.45, 2.75) is 31.9 Å². The molecule has 2 fully saturated rings. The quantitative estimate of drug-likeness (QED) is 0.814. The van der Waals surface area contributed by atoms with Crippen molar-refractivity contribution in [3.63, 3.8) is 0 Å². The zero-order valence-corrected chi connectivity index (χ0v) is 16.9. The first kappa shape index (κ1) is 20.4. The molecule has 0 saturated carbocycles. The Morgan fingerprint density at radius 3 is 2.56 bits per heavy atom. The van der Waals surface area contributed by atoms with Crippen LogP contribution in [-0.2, 0) is 16.0 Å². The minimum absolute atomic E-state index is 0.0151.